The van der Waals surface area contributed by atoms with Crippen molar-refractivity contribution in [2.45, 2.75) is 6.54 Å². The van der Waals surface area contributed by atoms with Crippen LogP contribution in [-0.4, -0.2) is 18.9 Å². The zero-order valence-corrected chi connectivity index (χ0v) is 11.4. The lowest BCUT2D eigenvalue weighted by Gasteiger charge is -2.02. The molecule has 0 aliphatic heterocycles. The standard InChI is InChI=1S/C13H9ClN4O3/c14-9-1-2-13-15-10(7-17(13)5-9)6-16-4-3-12(19)11(8-16)18(20)21/h1-5,7-8H,6H2. The second-order valence-electron chi connectivity index (χ2n) is 4.47. The van der Waals surface area contributed by atoms with Gasteiger partial charge in [0.05, 0.1) is 28.4 Å². The van der Waals surface area contributed by atoms with Crippen molar-refractivity contribution in [3.8, 4) is 0 Å². The van der Waals surface area contributed by atoms with Crippen LogP contribution >= 0.6 is 11.6 Å². The van der Waals surface area contributed by atoms with E-state index in [1.807, 2.05) is 0 Å². The zero-order valence-electron chi connectivity index (χ0n) is 10.6. The average Bonchev–Trinajstić information content (AvgIpc) is 2.82. The first-order chi connectivity index (χ1) is 10.0. The fourth-order valence-electron chi connectivity index (χ4n) is 2.03. The SMILES string of the molecule is O=c1ccn(Cc2cn3cc(Cl)ccc3n2)cc1[N+](=O)[O-]. The predicted octanol–water partition coefficient (Wildman–Crippen LogP) is 2.11. The first kappa shape index (κ1) is 13.3. The number of pyridine rings is 2. The fourth-order valence-corrected chi connectivity index (χ4v) is 2.20. The second-order valence-corrected chi connectivity index (χ2v) is 4.91. The van der Waals surface area contributed by atoms with Crippen molar-refractivity contribution in [3.63, 3.8) is 0 Å². The lowest BCUT2D eigenvalue weighted by molar-refractivity contribution is -0.386. The summed E-state index contributed by atoms with van der Waals surface area (Å²) in [5.41, 5.74) is 0.363. The summed E-state index contributed by atoms with van der Waals surface area (Å²) in [6, 6.07) is 4.68. The van der Waals surface area contributed by atoms with Crippen LogP contribution in [0.15, 0.2) is 47.8 Å². The highest BCUT2D eigenvalue weighted by Crippen LogP contribution is 2.13. The molecule has 0 aromatic carbocycles. The highest BCUT2D eigenvalue weighted by molar-refractivity contribution is 6.30. The Morgan fingerprint density at radius 2 is 2.05 bits per heavy atom. The molecular formula is C13H9ClN4O3. The van der Waals surface area contributed by atoms with Gasteiger partial charge in [-0.15, -0.1) is 0 Å². The monoisotopic (exact) mass is 304 g/mol. The summed E-state index contributed by atoms with van der Waals surface area (Å²) in [6.07, 6.45) is 6.21. The second kappa shape index (κ2) is 5.02. The molecule has 0 aliphatic carbocycles. The number of rotatable bonds is 3. The smallest absolute Gasteiger partial charge is 0.332 e. The molecule has 3 rings (SSSR count). The summed E-state index contributed by atoms with van der Waals surface area (Å²) in [7, 11) is 0. The van der Waals surface area contributed by atoms with Gasteiger partial charge in [-0.3, -0.25) is 14.9 Å². The molecular weight excluding hydrogens is 296 g/mol. The van der Waals surface area contributed by atoms with Gasteiger partial charge < -0.3 is 8.97 Å². The van der Waals surface area contributed by atoms with Crippen LogP contribution in [0.25, 0.3) is 5.65 Å². The Labute approximate surface area is 123 Å². The number of hydrogen-bond acceptors (Lipinski definition) is 4. The van der Waals surface area contributed by atoms with E-state index < -0.39 is 16.0 Å². The van der Waals surface area contributed by atoms with Crippen molar-refractivity contribution in [2.75, 3.05) is 0 Å². The van der Waals surface area contributed by atoms with Gasteiger partial charge in [0.15, 0.2) is 0 Å². The van der Waals surface area contributed by atoms with E-state index >= 15 is 0 Å². The predicted molar refractivity (Wildman–Crippen MR) is 76.7 cm³/mol. The molecule has 8 heteroatoms. The molecule has 0 fully saturated rings. The van der Waals surface area contributed by atoms with Crippen LogP contribution in [0, 0.1) is 10.1 Å². The van der Waals surface area contributed by atoms with Gasteiger partial charge in [0.25, 0.3) is 5.43 Å². The third-order valence-corrected chi connectivity index (χ3v) is 3.19. The zero-order chi connectivity index (χ0) is 15.0. The minimum Gasteiger partial charge on any atom is -0.342 e. The molecule has 3 aromatic heterocycles. The van der Waals surface area contributed by atoms with Gasteiger partial charge in [0.1, 0.15) is 5.65 Å². The maximum atomic E-state index is 11.4. The molecule has 0 aliphatic rings. The topological polar surface area (TPSA) is 82.4 Å². The first-order valence-corrected chi connectivity index (χ1v) is 6.38. The molecule has 3 heterocycles. The lowest BCUT2D eigenvalue weighted by atomic mass is 10.4. The van der Waals surface area contributed by atoms with E-state index in [0.717, 1.165) is 5.65 Å². The summed E-state index contributed by atoms with van der Waals surface area (Å²) in [4.78, 5) is 25.8. The van der Waals surface area contributed by atoms with Gasteiger partial charge in [-0.25, -0.2) is 4.98 Å². The van der Waals surface area contributed by atoms with E-state index in [1.54, 1.807) is 33.5 Å². The largest absolute Gasteiger partial charge is 0.342 e. The number of hydrogen-bond donors (Lipinski definition) is 0. The van der Waals surface area contributed by atoms with Gasteiger partial charge in [-0.1, -0.05) is 11.6 Å². The van der Waals surface area contributed by atoms with Gasteiger partial charge in [-0.05, 0) is 12.1 Å². The molecule has 0 radical (unpaired) electrons. The van der Waals surface area contributed by atoms with Gasteiger partial charge in [0, 0.05) is 24.7 Å². The number of fused-ring (bicyclic) bond motifs is 1. The molecule has 0 bridgehead atoms. The normalized spacial score (nSPS) is 10.9. The Morgan fingerprint density at radius 1 is 1.24 bits per heavy atom. The van der Waals surface area contributed by atoms with Crippen LogP contribution in [0.4, 0.5) is 5.69 Å². The molecule has 21 heavy (non-hydrogen) atoms. The maximum absolute atomic E-state index is 11.4. The molecule has 3 aromatic rings. The van der Waals surface area contributed by atoms with E-state index in [1.165, 1.54) is 18.5 Å². The Hall–Kier alpha value is -2.67. The Bertz CT molecular complexity index is 900. The van der Waals surface area contributed by atoms with Crippen molar-refractivity contribution in [1.82, 2.24) is 14.0 Å². The van der Waals surface area contributed by atoms with E-state index in [2.05, 4.69) is 4.98 Å². The van der Waals surface area contributed by atoms with Crippen LogP contribution in [-0.2, 0) is 6.54 Å². The van der Waals surface area contributed by atoms with Crippen molar-refractivity contribution in [3.05, 3.63) is 74.0 Å². The third-order valence-electron chi connectivity index (χ3n) is 2.96. The number of halogens is 1. The fraction of sp³-hybridized carbons (Fsp3) is 0.0769. The summed E-state index contributed by atoms with van der Waals surface area (Å²) in [6.45, 7) is 0.320. The molecule has 0 spiro atoms. The van der Waals surface area contributed by atoms with Crippen LogP contribution in [0.5, 0.6) is 0 Å². The molecule has 0 amide bonds. The summed E-state index contributed by atoms with van der Waals surface area (Å²) >= 11 is 5.90. The van der Waals surface area contributed by atoms with Crippen molar-refractivity contribution in [2.24, 2.45) is 0 Å². The third kappa shape index (κ3) is 2.63. The van der Waals surface area contributed by atoms with Crippen molar-refractivity contribution < 1.29 is 4.92 Å². The Kier molecular flexibility index (Phi) is 3.19. The van der Waals surface area contributed by atoms with E-state index in [4.69, 9.17) is 11.6 Å². The summed E-state index contributed by atoms with van der Waals surface area (Å²) < 4.78 is 3.32. The van der Waals surface area contributed by atoms with E-state index in [9.17, 15) is 14.9 Å². The average molecular weight is 305 g/mol. The number of nitro groups is 1. The van der Waals surface area contributed by atoms with E-state index in [0.29, 0.717) is 17.3 Å². The number of nitrogens with zero attached hydrogens (tertiary/aromatic N) is 4. The summed E-state index contributed by atoms with van der Waals surface area (Å²) in [5, 5.41) is 11.4. The first-order valence-electron chi connectivity index (χ1n) is 6.00. The van der Waals surface area contributed by atoms with Gasteiger partial charge in [-0.2, -0.15) is 0 Å². The highest BCUT2D eigenvalue weighted by Gasteiger charge is 2.12. The van der Waals surface area contributed by atoms with Crippen molar-refractivity contribution in [1.29, 1.82) is 0 Å². The minimum absolute atomic E-state index is 0.320. The van der Waals surface area contributed by atoms with Crippen LogP contribution < -0.4 is 5.43 Å². The molecule has 0 saturated carbocycles. The summed E-state index contributed by atoms with van der Waals surface area (Å²) in [5.74, 6) is 0. The Balaban J connectivity index is 1.96. The van der Waals surface area contributed by atoms with Gasteiger partial charge >= 0.3 is 5.69 Å². The molecule has 0 saturated heterocycles. The number of aromatic nitrogens is 3. The molecule has 7 nitrogen and oxygen atoms in total. The quantitative estimate of drug-likeness (QED) is 0.548. The molecule has 0 atom stereocenters. The maximum Gasteiger partial charge on any atom is 0.332 e. The molecule has 0 N–H and O–H groups in total. The lowest BCUT2D eigenvalue weighted by Crippen LogP contribution is -2.11. The number of imidazole rings is 1. The highest BCUT2D eigenvalue weighted by atomic mass is 35.5. The molecule has 106 valence electrons. The van der Waals surface area contributed by atoms with Crippen LogP contribution in [0.2, 0.25) is 5.02 Å². The van der Waals surface area contributed by atoms with Crippen molar-refractivity contribution >= 4 is 22.9 Å². The molecule has 0 unspecified atom stereocenters. The van der Waals surface area contributed by atoms with Crippen LogP contribution in [0.3, 0.4) is 0 Å². The van der Waals surface area contributed by atoms with Crippen LogP contribution in [0.1, 0.15) is 5.69 Å². The van der Waals surface area contributed by atoms with E-state index in [-0.39, 0.29) is 0 Å². The van der Waals surface area contributed by atoms with Gasteiger partial charge in [0.2, 0.25) is 0 Å². The Morgan fingerprint density at radius 3 is 2.81 bits per heavy atom. The minimum atomic E-state index is -0.692.